The molecule has 3 unspecified atom stereocenters. The average molecular weight is 417 g/mol. The van der Waals surface area contributed by atoms with E-state index in [-0.39, 0.29) is 46.6 Å². The van der Waals surface area contributed by atoms with Crippen molar-refractivity contribution in [1.29, 1.82) is 0 Å². The second-order valence-corrected chi connectivity index (χ2v) is 16.3. The lowest BCUT2D eigenvalue weighted by atomic mass is 9.55. The Balaban J connectivity index is 1.55. The molecule has 6 bridgehead atoms. The molecule has 6 saturated carbocycles. The Bertz CT molecular complexity index is 877. The van der Waals surface area contributed by atoms with E-state index in [0.717, 1.165) is 32.1 Å². The SMILES string of the molecule is C=C1C2C[C@@]34C1[C@]3(C[C@@H]2O[Si](C)(C)C)[C@@]12CCCC(C)(C(=O)O1)[C@H]2[C@@H]4C(=O)OC. The van der Waals surface area contributed by atoms with Crippen LogP contribution in [-0.2, 0) is 23.5 Å². The molecule has 7 aliphatic rings. The summed E-state index contributed by atoms with van der Waals surface area (Å²) in [7, 11) is -0.245. The first-order valence-corrected chi connectivity index (χ1v) is 14.6. The van der Waals surface area contributed by atoms with E-state index in [1.807, 2.05) is 6.92 Å². The summed E-state index contributed by atoms with van der Waals surface area (Å²) in [5.41, 5.74) is -0.200. The van der Waals surface area contributed by atoms with Crippen molar-refractivity contribution < 1.29 is 23.5 Å². The van der Waals surface area contributed by atoms with E-state index in [1.54, 1.807) is 0 Å². The van der Waals surface area contributed by atoms with Gasteiger partial charge in [-0.15, -0.1) is 0 Å². The molecule has 7 fully saturated rings. The van der Waals surface area contributed by atoms with Gasteiger partial charge in [0.1, 0.15) is 5.60 Å². The first-order chi connectivity index (χ1) is 13.5. The van der Waals surface area contributed by atoms with Gasteiger partial charge in [-0.2, -0.15) is 0 Å². The maximum Gasteiger partial charge on any atom is 0.312 e. The molecule has 5 nitrogen and oxygen atoms in total. The van der Waals surface area contributed by atoms with Crippen LogP contribution in [-0.4, -0.2) is 39.1 Å². The molecule has 0 N–H and O–H groups in total. The summed E-state index contributed by atoms with van der Waals surface area (Å²) in [6, 6.07) is 0. The number of carbonyl (C=O) groups excluding carboxylic acids is 2. The molecular formula is C23H32O5Si. The average Bonchev–Trinajstić information content (AvgIpc) is 2.98. The quantitative estimate of drug-likeness (QED) is 0.399. The van der Waals surface area contributed by atoms with Crippen molar-refractivity contribution in [2.75, 3.05) is 7.11 Å². The Labute approximate surface area is 173 Å². The van der Waals surface area contributed by atoms with Gasteiger partial charge in [0.25, 0.3) is 0 Å². The summed E-state index contributed by atoms with van der Waals surface area (Å²) in [5.74, 6) is 0.0158. The summed E-state index contributed by atoms with van der Waals surface area (Å²) in [5, 5.41) is 0. The van der Waals surface area contributed by atoms with Gasteiger partial charge in [0.2, 0.25) is 0 Å². The minimum atomic E-state index is -1.73. The van der Waals surface area contributed by atoms with Crippen LogP contribution in [0.15, 0.2) is 12.2 Å². The molecule has 0 aromatic rings. The van der Waals surface area contributed by atoms with Gasteiger partial charge in [0, 0.05) is 22.7 Å². The number of fused-ring (bicyclic) bond motifs is 1. The van der Waals surface area contributed by atoms with Gasteiger partial charge in [-0.05, 0) is 64.6 Å². The zero-order valence-corrected chi connectivity index (χ0v) is 19.2. The van der Waals surface area contributed by atoms with Gasteiger partial charge in [0.05, 0.1) is 24.5 Å². The number of hydrogen-bond donors (Lipinski definition) is 0. The van der Waals surface area contributed by atoms with E-state index in [1.165, 1.54) is 12.7 Å². The standard InChI is InChI=1S/C23H32O5Si/c1-12-13-10-21-15(18(24)26-3)17-20(2)8-7-9-23(17,27-19(20)25)22(21,16(12)21)11-14(13)28-29(4,5)6/h13-17H,1,7-11H2,2-6H3/t13?,14-,15+,16?,17+,20?,21+,22-,23-/m0/s1. The van der Waals surface area contributed by atoms with Crippen LogP contribution in [0.3, 0.4) is 0 Å². The molecule has 0 aromatic carbocycles. The van der Waals surface area contributed by atoms with Crippen LogP contribution < -0.4 is 0 Å². The predicted octanol–water partition coefficient (Wildman–Crippen LogP) is 3.69. The molecule has 1 aliphatic heterocycles. The molecular weight excluding hydrogens is 384 g/mol. The highest BCUT2D eigenvalue weighted by molar-refractivity contribution is 6.69. The van der Waals surface area contributed by atoms with Gasteiger partial charge in [0.15, 0.2) is 8.32 Å². The van der Waals surface area contributed by atoms with Crippen molar-refractivity contribution in [2.24, 2.45) is 39.9 Å². The van der Waals surface area contributed by atoms with Crippen molar-refractivity contribution in [2.45, 2.75) is 70.4 Å². The van der Waals surface area contributed by atoms with Gasteiger partial charge in [-0.1, -0.05) is 12.2 Å². The zero-order valence-electron chi connectivity index (χ0n) is 18.2. The molecule has 6 aliphatic carbocycles. The van der Waals surface area contributed by atoms with Gasteiger partial charge >= 0.3 is 11.9 Å². The number of rotatable bonds is 3. The highest BCUT2D eigenvalue weighted by Gasteiger charge is 3.01. The molecule has 9 atom stereocenters. The molecule has 6 heteroatoms. The molecule has 7 rings (SSSR count). The van der Waals surface area contributed by atoms with Crippen LogP contribution in [0, 0.1) is 39.9 Å². The number of esters is 2. The summed E-state index contributed by atoms with van der Waals surface area (Å²) >= 11 is 0. The summed E-state index contributed by atoms with van der Waals surface area (Å²) in [6.45, 7) is 13.3. The Morgan fingerprint density at radius 1 is 1.24 bits per heavy atom. The fraction of sp³-hybridized carbons (Fsp3) is 0.826. The van der Waals surface area contributed by atoms with E-state index in [4.69, 9.17) is 13.9 Å². The Kier molecular flexibility index (Phi) is 3.11. The van der Waals surface area contributed by atoms with Crippen LogP contribution >= 0.6 is 0 Å². The number of carbonyl (C=O) groups is 2. The first-order valence-electron chi connectivity index (χ1n) is 11.2. The smallest absolute Gasteiger partial charge is 0.312 e. The van der Waals surface area contributed by atoms with Gasteiger partial charge in [-0.3, -0.25) is 9.59 Å². The number of methoxy groups -OCH3 is 1. The lowest BCUT2D eigenvalue weighted by Crippen LogP contribution is -2.54. The Morgan fingerprint density at radius 2 is 1.97 bits per heavy atom. The zero-order chi connectivity index (χ0) is 20.8. The summed E-state index contributed by atoms with van der Waals surface area (Å²) in [4.78, 5) is 26.4. The molecule has 1 saturated heterocycles. The summed E-state index contributed by atoms with van der Waals surface area (Å²) < 4.78 is 18.5. The van der Waals surface area contributed by atoms with Crippen LogP contribution in [0.2, 0.25) is 19.6 Å². The van der Waals surface area contributed by atoms with E-state index < -0.39 is 19.3 Å². The fourth-order valence-corrected chi connectivity index (χ4v) is 10.7. The predicted molar refractivity (Wildman–Crippen MR) is 108 cm³/mol. The third kappa shape index (κ3) is 1.63. The molecule has 0 amide bonds. The lowest BCUT2D eigenvalue weighted by molar-refractivity contribution is -0.163. The van der Waals surface area contributed by atoms with E-state index in [0.29, 0.717) is 5.92 Å². The van der Waals surface area contributed by atoms with Crippen molar-refractivity contribution in [1.82, 2.24) is 0 Å². The van der Waals surface area contributed by atoms with Crippen molar-refractivity contribution in [3.8, 4) is 0 Å². The maximum atomic E-state index is 13.3. The van der Waals surface area contributed by atoms with E-state index in [9.17, 15) is 9.59 Å². The van der Waals surface area contributed by atoms with Crippen LogP contribution in [0.5, 0.6) is 0 Å². The van der Waals surface area contributed by atoms with E-state index in [2.05, 4.69) is 26.2 Å². The Hall–Kier alpha value is -1.14. The second-order valence-electron chi connectivity index (χ2n) is 11.8. The van der Waals surface area contributed by atoms with Gasteiger partial charge in [-0.25, -0.2) is 0 Å². The monoisotopic (exact) mass is 416 g/mol. The molecule has 29 heavy (non-hydrogen) atoms. The minimum absolute atomic E-state index is 0.0721. The van der Waals surface area contributed by atoms with Crippen molar-refractivity contribution in [3.63, 3.8) is 0 Å². The van der Waals surface area contributed by atoms with Crippen LogP contribution in [0.4, 0.5) is 0 Å². The highest BCUT2D eigenvalue weighted by atomic mass is 28.4. The molecule has 2 spiro atoms. The van der Waals surface area contributed by atoms with Crippen LogP contribution in [0.1, 0.15) is 39.0 Å². The third-order valence-corrected chi connectivity index (χ3v) is 10.9. The Morgan fingerprint density at radius 3 is 2.62 bits per heavy atom. The topological polar surface area (TPSA) is 61.8 Å². The first kappa shape index (κ1) is 18.6. The van der Waals surface area contributed by atoms with Gasteiger partial charge < -0.3 is 13.9 Å². The normalized spacial score (nSPS) is 56.0. The molecule has 1 heterocycles. The van der Waals surface area contributed by atoms with Crippen molar-refractivity contribution >= 4 is 20.3 Å². The molecule has 0 aromatic heterocycles. The number of ether oxygens (including phenoxy) is 2. The fourth-order valence-electron chi connectivity index (χ4n) is 9.56. The van der Waals surface area contributed by atoms with Crippen molar-refractivity contribution in [3.05, 3.63) is 12.2 Å². The van der Waals surface area contributed by atoms with Crippen LogP contribution in [0.25, 0.3) is 0 Å². The maximum absolute atomic E-state index is 13.3. The minimum Gasteiger partial charge on any atom is -0.469 e. The van der Waals surface area contributed by atoms with E-state index >= 15 is 0 Å². The lowest BCUT2D eigenvalue weighted by Gasteiger charge is -2.50. The third-order valence-electron chi connectivity index (χ3n) is 9.91. The molecule has 158 valence electrons. The molecule has 0 radical (unpaired) electrons. The second kappa shape index (κ2) is 4.85. The summed E-state index contributed by atoms with van der Waals surface area (Å²) in [6.07, 6.45) is 4.63. The highest BCUT2D eigenvalue weighted by Crippen LogP contribution is 2.98. The largest absolute Gasteiger partial charge is 0.469 e. The number of hydrogen-bond acceptors (Lipinski definition) is 5.